The van der Waals surface area contributed by atoms with Crippen molar-refractivity contribution in [1.82, 2.24) is 25.6 Å². The maximum Gasteiger partial charge on any atom is 0.433 e. The fraction of sp³-hybridized carbons (Fsp3) is 0.381. The SMILES string of the molecule is O=C1NC(O)S/C1=C\c1ccnc(N2CCC(CNC(=O)c3cccc(C(F)(F)F)n3)CC2)n1. The van der Waals surface area contributed by atoms with E-state index in [4.69, 9.17) is 0 Å². The van der Waals surface area contributed by atoms with Crippen LogP contribution in [0.1, 0.15) is 34.7 Å². The molecule has 9 nitrogen and oxygen atoms in total. The highest BCUT2D eigenvalue weighted by atomic mass is 32.2. The van der Waals surface area contributed by atoms with Gasteiger partial charge in [-0.1, -0.05) is 17.8 Å². The number of amides is 2. The van der Waals surface area contributed by atoms with Crippen LogP contribution in [0, 0.1) is 5.92 Å². The van der Waals surface area contributed by atoms with Gasteiger partial charge in [0.2, 0.25) is 5.95 Å². The number of hydrogen-bond donors (Lipinski definition) is 3. The van der Waals surface area contributed by atoms with Gasteiger partial charge >= 0.3 is 6.18 Å². The Morgan fingerprint density at radius 2 is 2.03 bits per heavy atom. The number of nitrogens with one attached hydrogen (secondary N) is 2. The van der Waals surface area contributed by atoms with Crippen LogP contribution in [0.3, 0.4) is 0 Å². The molecule has 0 radical (unpaired) electrons. The zero-order valence-electron chi connectivity index (χ0n) is 17.7. The van der Waals surface area contributed by atoms with Gasteiger partial charge in [0.05, 0.1) is 10.6 Å². The van der Waals surface area contributed by atoms with Crippen LogP contribution in [-0.4, -0.2) is 57.1 Å². The summed E-state index contributed by atoms with van der Waals surface area (Å²) in [6.07, 6.45) is 0.0377. The number of rotatable bonds is 5. The molecule has 2 aliphatic heterocycles. The summed E-state index contributed by atoms with van der Waals surface area (Å²) < 4.78 is 38.4. The lowest BCUT2D eigenvalue weighted by atomic mass is 9.97. The van der Waals surface area contributed by atoms with Crippen LogP contribution >= 0.6 is 11.8 Å². The summed E-state index contributed by atoms with van der Waals surface area (Å²) in [5, 5.41) is 14.5. The summed E-state index contributed by atoms with van der Waals surface area (Å²) in [4.78, 5) is 38.6. The van der Waals surface area contributed by atoms with E-state index < -0.39 is 23.3 Å². The Morgan fingerprint density at radius 1 is 1.26 bits per heavy atom. The van der Waals surface area contributed by atoms with Crippen molar-refractivity contribution in [3.63, 3.8) is 0 Å². The first-order chi connectivity index (χ1) is 16.2. The minimum Gasteiger partial charge on any atom is -0.364 e. The van der Waals surface area contributed by atoms with Crippen LogP contribution < -0.4 is 15.5 Å². The van der Waals surface area contributed by atoms with Gasteiger partial charge in [-0.2, -0.15) is 13.2 Å². The standard InChI is InChI=1S/C21H21F3N6O3S/c22-21(23,24)16-3-1-2-14(28-16)17(31)26-11-12-5-8-30(9-6-12)19-25-7-4-13(27-19)10-15-18(32)29-20(33)34-15/h1-4,7,10,12,20,33H,5-6,8-9,11H2,(H,26,31)(H,29,32)/b15-10-. The second-order valence-corrected chi connectivity index (χ2v) is 8.90. The summed E-state index contributed by atoms with van der Waals surface area (Å²) in [5.41, 5.74) is -1.80. The number of pyridine rings is 1. The molecular formula is C21H21F3N6O3S. The number of thioether (sulfide) groups is 1. The number of nitrogens with zero attached hydrogens (tertiary/aromatic N) is 4. The lowest BCUT2D eigenvalue weighted by Crippen LogP contribution is -2.39. The Morgan fingerprint density at radius 3 is 2.71 bits per heavy atom. The molecule has 4 rings (SSSR count). The predicted octanol–water partition coefficient (Wildman–Crippen LogP) is 2.02. The molecule has 0 aromatic carbocycles. The number of carbonyl (C=O) groups excluding carboxylic acids is 2. The van der Waals surface area contributed by atoms with Gasteiger partial charge in [-0.3, -0.25) is 9.59 Å². The first kappa shape index (κ1) is 24.0. The highest BCUT2D eigenvalue weighted by Gasteiger charge is 2.33. The molecule has 34 heavy (non-hydrogen) atoms. The predicted molar refractivity (Wildman–Crippen MR) is 118 cm³/mol. The molecule has 0 saturated carbocycles. The van der Waals surface area contributed by atoms with Gasteiger partial charge < -0.3 is 20.6 Å². The molecule has 4 heterocycles. The molecule has 2 aromatic heterocycles. The number of hydrogen-bond acceptors (Lipinski definition) is 8. The van der Waals surface area contributed by atoms with Crippen LogP contribution in [0.5, 0.6) is 0 Å². The molecule has 2 fully saturated rings. The van der Waals surface area contributed by atoms with Crippen molar-refractivity contribution in [2.45, 2.75) is 24.6 Å². The van der Waals surface area contributed by atoms with Gasteiger partial charge in [-0.25, -0.2) is 15.0 Å². The highest BCUT2D eigenvalue weighted by molar-refractivity contribution is 8.05. The Labute approximate surface area is 196 Å². The van der Waals surface area contributed by atoms with Crippen molar-refractivity contribution in [3.8, 4) is 0 Å². The summed E-state index contributed by atoms with van der Waals surface area (Å²) in [6, 6.07) is 4.90. The van der Waals surface area contributed by atoms with E-state index in [9.17, 15) is 27.9 Å². The van der Waals surface area contributed by atoms with Gasteiger partial charge in [0, 0.05) is 25.8 Å². The number of aliphatic hydroxyl groups excluding tert-OH is 1. The number of aromatic nitrogens is 3. The Kier molecular flexibility index (Phi) is 7.03. The molecule has 1 atom stereocenters. The van der Waals surface area contributed by atoms with Gasteiger partial charge in [0.15, 0.2) is 5.56 Å². The van der Waals surface area contributed by atoms with E-state index in [2.05, 4.69) is 25.6 Å². The van der Waals surface area contributed by atoms with Crippen molar-refractivity contribution < 1.29 is 27.9 Å². The average Bonchev–Trinajstić information content (AvgIpc) is 3.13. The Bertz CT molecular complexity index is 1110. The molecule has 2 amide bonds. The smallest absolute Gasteiger partial charge is 0.364 e. The Balaban J connectivity index is 1.30. The molecule has 2 aliphatic rings. The third-order valence-electron chi connectivity index (χ3n) is 5.38. The number of alkyl halides is 3. The highest BCUT2D eigenvalue weighted by Crippen LogP contribution is 2.28. The first-order valence-electron chi connectivity index (χ1n) is 10.5. The fourth-order valence-electron chi connectivity index (χ4n) is 3.60. The van der Waals surface area contributed by atoms with E-state index >= 15 is 0 Å². The lowest BCUT2D eigenvalue weighted by Gasteiger charge is -2.32. The van der Waals surface area contributed by atoms with E-state index in [0.29, 0.717) is 36.2 Å². The van der Waals surface area contributed by atoms with Crippen molar-refractivity contribution in [2.75, 3.05) is 24.5 Å². The third kappa shape index (κ3) is 5.83. The lowest BCUT2D eigenvalue weighted by molar-refractivity contribution is -0.141. The van der Waals surface area contributed by atoms with Crippen molar-refractivity contribution in [1.29, 1.82) is 0 Å². The zero-order valence-corrected chi connectivity index (χ0v) is 18.6. The molecule has 0 spiro atoms. The van der Waals surface area contributed by atoms with Crippen molar-refractivity contribution in [3.05, 3.63) is 52.4 Å². The minimum absolute atomic E-state index is 0.149. The fourth-order valence-corrected chi connectivity index (χ4v) is 4.36. The van der Waals surface area contributed by atoms with E-state index in [1.54, 1.807) is 18.3 Å². The van der Waals surface area contributed by atoms with Crippen LogP contribution in [-0.2, 0) is 11.0 Å². The molecule has 3 N–H and O–H groups in total. The van der Waals surface area contributed by atoms with Gasteiger partial charge in [0.1, 0.15) is 11.4 Å². The molecule has 1 unspecified atom stereocenters. The summed E-state index contributed by atoms with van der Waals surface area (Å²) in [6.45, 7) is 1.60. The normalized spacial score (nSPS) is 20.5. The second-order valence-electron chi connectivity index (χ2n) is 7.78. The summed E-state index contributed by atoms with van der Waals surface area (Å²) in [7, 11) is 0. The maximum atomic E-state index is 12.8. The summed E-state index contributed by atoms with van der Waals surface area (Å²) >= 11 is 1.01. The minimum atomic E-state index is -4.61. The number of halogens is 3. The van der Waals surface area contributed by atoms with E-state index in [1.165, 1.54) is 6.07 Å². The molecule has 2 aromatic rings. The third-order valence-corrected chi connectivity index (χ3v) is 6.28. The van der Waals surface area contributed by atoms with E-state index in [1.807, 2.05) is 4.90 Å². The van der Waals surface area contributed by atoms with Crippen LogP contribution in [0.25, 0.3) is 6.08 Å². The molecule has 0 bridgehead atoms. The van der Waals surface area contributed by atoms with Gasteiger partial charge in [-0.05, 0) is 43.0 Å². The maximum absolute atomic E-state index is 12.8. The van der Waals surface area contributed by atoms with E-state index in [-0.39, 0.29) is 17.5 Å². The number of piperidine rings is 1. The summed E-state index contributed by atoms with van der Waals surface area (Å²) in [5.74, 6) is -0.345. The molecule has 2 saturated heterocycles. The van der Waals surface area contributed by atoms with Crippen LogP contribution in [0.15, 0.2) is 35.4 Å². The van der Waals surface area contributed by atoms with E-state index in [0.717, 1.165) is 36.7 Å². The van der Waals surface area contributed by atoms with Crippen molar-refractivity contribution in [2.24, 2.45) is 5.92 Å². The molecule has 0 aliphatic carbocycles. The van der Waals surface area contributed by atoms with Gasteiger partial charge in [0.25, 0.3) is 11.8 Å². The van der Waals surface area contributed by atoms with Crippen LogP contribution in [0.2, 0.25) is 0 Å². The molecule has 180 valence electrons. The average molecular weight is 494 g/mol. The second kappa shape index (κ2) is 9.97. The number of aliphatic hydroxyl groups is 1. The first-order valence-corrected chi connectivity index (χ1v) is 11.3. The topological polar surface area (TPSA) is 120 Å². The zero-order chi connectivity index (χ0) is 24.3. The monoisotopic (exact) mass is 494 g/mol. The number of carbonyl (C=O) groups is 2. The quantitative estimate of drug-likeness (QED) is 0.540. The molecule has 13 heteroatoms. The Hall–Kier alpha value is -3.19. The van der Waals surface area contributed by atoms with Gasteiger partial charge in [-0.15, -0.1) is 0 Å². The largest absolute Gasteiger partial charge is 0.433 e. The van der Waals surface area contributed by atoms with Crippen molar-refractivity contribution >= 4 is 35.6 Å². The number of anilines is 1. The van der Waals surface area contributed by atoms with Crippen LogP contribution in [0.4, 0.5) is 19.1 Å². The molecular weight excluding hydrogens is 473 g/mol.